The Bertz CT molecular complexity index is 424. The highest BCUT2D eigenvalue weighted by Crippen LogP contribution is 2.03. The van der Waals surface area contributed by atoms with Gasteiger partial charge in [-0.05, 0) is 51.2 Å². The molecule has 0 aliphatic rings. The van der Waals surface area contributed by atoms with Crippen molar-refractivity contribution >= 4 is 29.9 Å². The molecular formula is C15H26FIN4. The molecule has 0 spiro atoms. The van der Waals surface area contributed by atoms with Crippen LogP contribution in [0.1, 0.15) is 12.0 Å². The van der Waals surface area contributed by atoms with Crippen LogP contribution in [0.15, 0.2) is 29.3 Å². The van der Waals surface area contributed by atoms with Gasteiger partial charge < -0.3 is 15.5 Å². The van der Waals surface area contributed by atoms with E-state index >= 15 is 0 Å². The molecule has 0 unspecified atom stereocenters. The van der Waals surface area contributed by atoms with Crippen LogP contribution in [0, 0.1) is 5.82 Å². The molecule has 0 aromatic heterocycles. The monoisotopic (exact) mass is 408 g/mol. The molecule has 1 aromatic rings. The summed E-state index contributed by atoms with van der Waals surface area (Å²) in [5.41, 5.74) is 0.987. The van der Waals surface area contributed by atoms with Gasteiger partial charge >= 0.3 is 0 Å². The summed E-state index contributed by atoms with van der Waals surface area (Å²) in [6.45, 7) is 2.67. The summed E-state index contributed by atoms with van der Waals surface area (Å²) in [7, 11) is 5.88. The van der Waals surface area contributed by atoms with Gasteiger partial charge in [0.2, 0.25) is 0 Å². The van der Waals surface area contributed by atoms with Gasteiger partial charge in [-0.1, -0.05) is 12.1 Å². The van der Waals surface area contributed by atoms with E-state index in [1.807, 2.05) is 6.07 Å². The second kappa shape index (κ2) is 11.7. The van der Waals surface area contributed by atoms with Crippen LogP contribution in [0.2, 0.25) is 0 Å². The summed E-state index contributed by atoms with van der Waals surface area (Å²) in [6, 6.07) is 6.69. The maximum atomic E-state index is 13.0. The van der Waals surface area contributed by atoms with Crippen molar-refractivity contribution in [1.29, 1.82) is 0 Å². The van der Waals surface area contributed by atoms with Crippen molar-refractivity contribution in [2.75, 3.05) is 40.8 Å². The zero-order valence-corrected chi connectivity index (χ0v) is 15.4. The van der Waals surface area contributed by atoms with E-state index < -0.39 is 0 Å². The fourth-order valence-corrected chi connectivity index (χ4v) is 1.84. The van der Waals surface area contributed by atoms with E-state index in [0.29, 0.717) is 0 Å². The molecule has 0 bridgehead atoms. The topological polar surface area (TPSA) is 39.7 Å². The average molecular weight is 408 g/mol. The van der Waals surface area contributed by atoms with Gasteiger partial charge in [-0.2, -0.15) is 0 Å². The second-order valence-corrected chi connectivity index (χ2v) is 4.96. The zero-order valence-electron chi connectivity index (χ0n) is 13.0. The van der Waals surface area contributed by atoms with Crippen LogP contribution in [0.4, 0.5) is 4.39 Å². The minimum absolute atomic E-state index is 0. The van der Waals surface area contributed by atoms with Crippen LogP contribution in [0.25, 0.3) is 0 Å². The average Bonchev–Trinajstić information content (AvgIpc) is 2.41. The number of nitrogens with one attached hydrogen (secondary N) is 2. The van der Waals surface area contributed by atoms with Gasteiger partial charge in [-0.15, -0.1) is 24.0 Å². The molecule has 0 radical (unpaired) electrons. The Hall–Kier alpha value is -0.890. The van der Waals surface area contributed by atoms with Crippen LogP contribution in [-0.2, 0) is 6.42 Å². The number of halogens is 2. The number of hydrogen-bond donors (Lipinski definition) is 2. The predicted molar refractivity (Wildman–Crippen MR) is 98.1 cm³/mol. The molecule has 21 heavy (non-hydrogen) atoms. The second-order valence-electron chi connectivity index (χ2n) is 4.96. The van der Waals surface area contributed by atoms with E-state index in [-0.39, 0.29) is 29.8 Å². The van der Waals surface area contributed by atoms with Crippen LogP contribution in [0.5, 0.6) is 0 Å². The number of hydrogen-bond acceptors (Lipinski definition) is 2. The Morgan fingerprint density at radius 2 is 1.95 bits per heavy atom. The highest BCUT2D eigenvalue weighted by atomic mass is 127. The first-order chi connectivity index (χ1) is 9.61. The van der Waals surface area contributed by atoms with E-state index in [0.717, 1.165) is 44.0 Å². The minimum atomic E-state index is -0.186. The Morgan fingerprint density at radius 1 is 1.24 bits per heavy atom. The minimum Gasteiger partial charge on any atom is -0.356 e. The lowest BCUT2D eigenvalue weighted by Gasteiger charge is -2.13. The molecule has 0 atom stereocenters. The third-order valence-electron chi connectivity index (χ3n) is 2.89. The molecule has 1 rings (SSSR count). The Balaban J connectivity index is 0.00000400. The largest absolute Gasteiger partial charge is 0.356 e. The first kappa shape index (κ1) is 20.1. The van der Waals surface area contributed by atoms with Crippen LogP contribution < -0.4 is 10.6 Å². The van der Waals surface area contributed by atoms with Crippen molar-refractivity contribution in [2.24, 2.45) is 4.99 Å². The molecular weight excluding hydrogens is 382 g/mol. The highest BCUT2D eigenvalue weighted by Gasteiger charge is 1.99. The molecule has 0 saturated heterocycles. The van der Waals surface area contributed by atoms with Crippen molar-refractivity contribution in [2.45, 2.75) is 12.8 Å². The van der Waals surface area contributed by atoms with Crippen molar-refractivity contribution in [3.63, 3.8) is 0 Å². The molecule has 0 fully saturated rings. The third kappa shape index (κ3) is 9.62. The molecule has 2 N–H and O–H groups in total. The van der Waals surface area contributed by atoms with E-state index in [4.69, 9.17) is 0 Å². The summed E-state index contributed by atoms with van der Waals surface area (Å²) in [5, 5.41) is 6.49. The molecule has 4 nitrogen and oxygen atoms in total. The maximum absolute atomic E-state index is 13.0. The quantitative estimate of drug-likeness (QED) is 0.314. The highest BCUT2D eigenvalue weighted by molar-refractivity contribution is 14.0. The first-order valence-corrected chi connectivity index (χ1v) is 6.95. The van der Waals surface area contributed by atoms with Gasteiger partial charge in [-0.25, -0.2) is 4.39 Å². The summed E-state index contributed by atoms with van der Waals surface area (Å²) >= 11 is 0. The molecule has 0 saturated carbocycles. The van der Waals surface area contributed by atoms with Gasteiger partial charge in [0.25, 0.3) is 0 Å². The zero-order chi connectivity index (χ0) is 14.8. The summed E-state index contributed by atoms with van der Waals surface area (Å²) < 4.78 is 13.0. The van der Waals surface area contributed by atoms with Crippen molar-refractivity contribution in [3.8, 4) is 0 Å². The first-order valence-electron chi connectivity index (χ1n) is 6.95. The number of aliphatic imine (C=N–C) groups is 1. The summed E-state index contributed by atoms with van der Waals surface area (Å²) in [6.07, 6.45) is 1.84. The van der Waals surface area contributed by atoms with E-state index in [2.05, 4.69) is 34.6 Å². The van der Waals surface area contributed by atoms with E-state index in [1.165, 1.54) is 6.07 Å². The number of rotatable bonds is 7. The summed E-state index contributed by atoms with van der Waals surface area (Å²) in [4.78, 5) is 6.31. The normalized spacial score (nSPS) is 11.2. The molecule has 120 valence electrons. The molecule has 0 heterocycles. The molecule has 6 heteroatoms. The molecule has 1 aromatic carbocycles. The van der Waals surface area contributed by atoms with Crippen LogP contribution in [-0.4, -0.2) is 51.6 Å². The fourth-order valence-electron chi connectivity index (χ4n) is 1.84. The van der Waals surface area contributed by atoms with Crippen molar-refractivity contribution in [1.82, 2.24) is 15.5 Å². The lowest BCUT2D eigenvalue weighted by atomic mass is 10.1. The Morgan fingerprint density at radius 3 is 2.57 bits per heavy atom. The fraction of sp³-hybridized carbons (Fsp3) is 0.533. The molecule has 0 aliphatic carbocycles. The Kier molecular flexibility index (Phi) is 11.2. The number of nitrogens with zero attached hydrogens (tertiary/aromatic N) is 2. The van der Waals surface area contributed by atoms with Crippen molar-refractivity contribution < 1.29 is 4.39 Å². The standard InChI is InChI=1S/C15H25FN4.HI/c1-17-15(18-9-5-11-20(2)3)19-10-8-13-6-4-7-14(16)12-13;/h4,6-7,12H,5,8-11H2,1-3H3,(H2,17,18,19);1H. The van der Waals surface area contributed by atoms with Crippen LogP contribution >= 0.6 is 24.0 Å². The number of guanidine groups is 1. The predicted octanol–water partition coefficient (Wildman–Crippen LogP) is 2.10. The lowest BCUT2D eigenvalue weighted by Crippen LogP contribution is -2.39. The van der Waals surface area contributed by atoms with E-state index in [9.17, 15) is 4.39 Å². The lowest BCUT2D eigenvalue weighted by molar-refractivity contribution is 0.399. The van der Waals surface area contributed by atoms with Crippen molar-refractivity contribution in [3.05, 3.63) is 35.6 Å². The maximum Gasteiger partial charge on any atom is 0.190 e. The SMILES string of the molecule is CN=C(NCCCN(C)C)NCCc1cccc(F)c1.I. The Labute approximate surface area is 144 Å². The van der Waals surface area contributed by atoms with E-state index in [1.54, 1.807) is 19.2 Å². The van der Waals surface area contributed by atoms with Gasteiger partial charge in [0, 0.05) is 20.1 Å². The van der Waals surface area contributed by atoms with Gasteiger partial charge in [-0.3, -0.25) is 4.99 Å². The number of benzene rings is 1. The van der Waals surface area contributed by atoms with Gasteiger partial charge in [0.15, 0.2) is 5.96 Å². The molecule has 0 aliphatic heterocycles. The van der Waals surface area contributed by atoms with Crippen LogP contribution in [0.3, 0.4) is 0 Å². The summed E-state index contributed by atoms with van der Waals surface area (Å²) in [5.74, 6) is 0.605. The van der Waals surface area contributed by atoms with Gasteiger partial charge in [0.1, 0.15) is 5.82 Å². The third-order valence-corrected chi connectivity index (χ3v) is 2.89. The molecule has 0 amide bonds. The smallest absolute Gasteiger partial charge is 0.190 e. The van der Waals surface area contributed by atoms with Gasteiger partial charge in [0.05, 0.1) is 0 Å².